The van der Waals surface area contributed by atoms with Crippen molar-refractivity contribution in [1.82, 2.24) is 10.6 Å². The zero-order valence-electron chi connectivity index (χ0n) is 8.71. The average Bonchev–Trinajstić information content (AvgIpc) is 2.15. The quantitative estimate of drug-likeness (QED) is 0.194. The van der Waals surface area contributed by atoms with Gasteiger partial charge in [-0.25, -0.2) is 0 Å². The fourth-order valence-corrected chi connectivity index (χ4v) is 1.04. The Labute approximate surface area is 92.6 Å². The van der Waals surface area contributed by atoms with Crippen LogP contribution < -0.4 is 27.8 Å². The molecule has 4 unspecified atom stereocenters. The molecule has 0 radical (unpaired) electrons. The van der Waals surface area contributed by atoms with Crippen molar-refractivity contribution in [3.63, 3.8) is 0 Å². The minimum absolute atomic E-state index is 0.191. The van der Waals surface area contributed by atoms with Crippen molar-refractivity contribution in [2.24, 2.45) is 17.2 Å². The number of aliphatic hydroxyl groups is 3. The second kappa shape index (κ2) is 7.46. The second-order valence-electron chi connectivity index (χ2n) is 3.20. The summed E-state index contributed by atoms with van der Waals surface area (Å²) >= 11 is 0. The van der Waals surface area contributed by atoms with Gasteiger partial charge in [0.15, 0.2) is 6.35 Å². The van der Waals surface area contributed by atoms with Crippen molar-refractivity contribution < 1.29 is 20.1 Å². The van der Waals surface area contributed by atoms with Gasteiger partial charge in [0.2, 0.25) is 5.91 Å². The van der Waals surface area contributed by atoms with Crippen molar-refractivity contribution in [2.75, 3.05) is 6.54 Å². The lowest BCUT2D eigenvalue weighted by Gasteiger charge is -2.24. The number of primary amides is 1. The Morgan fingerprint density at radius 1 is 1.19 bits per heavy atom. The van der Waals surface area contributed by atoms with Crippen LogP contribution in [0.25, 0.3) is 0 Å². The van der Waals surface area contributed by atoms with Gasteiger partial charge in [0, 0.05) is 0 Å². The molecule has 11 N–H and O–H groups in total. The average molecular weight is 237 g/mol. The summed E-state index contributed by atoms with van der Waals surface area (Å²) in [5.41, 5.74) is 15.2. The number of amides is 1. The van der Waals surface area contributed by atoms with Gasteiger partial charge < -0.3 is 26.8 Å². The number of hydrogen-bond acceptors (Lipinski definition) is 8. The van der Waals surface area contributed by atoms with Crippen molar-refractivity contribution in [3.05, 3.63) is 0 Å². The van der Waals surface area contributed by atoms with E-state index < -0.39 is 30.8 Å². The van der Waals surface area contributed by atoms with E-state index in [2.05, 4.69) is 5.32 Å². The van der Waals surface area contributed by atoms with Crippen molar-refractivity contribution >= 4 is 5.91 Å². The zero-order valence-corrected chi connectivity index (χ0v) is 8.71. The maximum Gasteiger partial charge on any atom is 0.234 e. The van der Waals surface area contributed by atoms with Gasteiger partial charge in [0.25, 0.3) is 0 Å². The Morgan fingerprint density at radius 3 is 2.06 bits per heavy atom. The van der Waals surface area contributed by atoms with Crippen molar-refractivity contribution in [1.29, 1.82) is 0 Å². The van der Waals surface area contributed by atoms with Crippen LogP contribution in [0.15, 0.2) is 0 Å². The molecule has 0 fully saturated rings. The molecule has 0 aliphatic rings. The molecule has 16 heavy (non-hydrogen) atoms. The second-order valence-corrected chi connectivity index (χ2v) is 3.20. The van der Waals surface area contributed by atoms with E-state index in [9.17, 15) is 15.0 Å². The summed E-state index contributed by atoms with van der Waals surface area (Å²) in [5, 5.41) is 31.7. The van der Waals surface area contributed by atoms with Gasteiger partial charge in [-0.2, -0.15) is 0 Å². The Balaban J connectivity index is 4.16. The van der Waals surface area contributed by atoms with Crippen molar-refractivity contribution in [2.45, 2.75) is 31.3 Å². The number of rotatable bonds is 8. The standard InChI is InChI=1S/C7H19N5O4/c8-2-1-3(4(9)13)11-5(14)6(15)12-7(10)16/h3,5-7,11-12,14-16H,1-2,8,10H2,(H2,9,13). The third-order valence-electron chi connectivity index (χ3n) is 1.81. The van der Waals surface area contributed by atoms with E-state index >= 15 is 0 Å². The first-order valence-electron chi connectivity index (χ1n) is 4.69. The molecule has 0 saturated carbocycles. The first-order valence-corrected chi connectivity index (χ1v) is 4.69. The normalized spacial score (nSPS) is 18.8. The molecule has 0 saturated heterocycles. The molecule has 0 aromatic rings. The Kier molecular flexibility index (Phi) is 7.08. The van der Waals surface area contributed by atoms with Gasteiger partial charge in [-0.05, 0) is 13.0 Å². The molecule has 9 nitrogen and oxygen atoms in total. The largest absolute Gasteiger partial charge is 0.374 e. The van der Waals surface area contributed by atoms with Gasteiger partial charge in [-0.1, -0.05) is 0 Å². The van der Waals surface area contributed by atoms with Crippen LogP contribution in [0.3, 0.4) is 0 Å². The van der Waals surface area contributed by atoms with Crippen LogP contribution in [0, 0.1) is 0 Å². The van der Waals surface area contributed by atoms with E-state index in [0.717, 1.165) is 0 Å². The summed E-state index contributed by atoms with van der Waals surface area (Å²) < 4.78 is 0. The summed E-state index contributed by atoms with van der Waals surface area (Å²) in [6, 6.07) is -0.869. The third-order valence-corrected chi connectivity index (χ3v) is 1.81. The summed E-state index contributed by atoms with van der Waals surface area (Å²) in [5.74, 6) is -0.704. The van der Waals surface area contributed by atoms with Crippen LogP contribution in [0.4, 0.5) is 0 Å². The number of carbonyl (C=O) groups excluding carboxylic acids is 1. The molecule has 0 rings (SSSR count). The van der Waals surface area contributed by atoms with Crippen LogP contribution in [0.1, 0.15) is 6.42 Å². The zero-order chi connectivity index (χ0) is 12.7. The third kappa shape index (κ3) is 5.92. The molecule has 0 aliphatic carbocycles. The number of nitrogens with one attached hydrogen (secondary N) is 2. The fraction of sp³-hybridized carbons (Fsp3) is 0.857. The minimum atomic E-state index is -1.54. The van der Waals surface area contributed by atoms with Crippen LogP contribution in [0.2, 0.25) is 0 Å². The lowest BCUT2D eigenvalue weighted by atomic mass is 10.2. The molecule has 9 heteroatoms. The molecule has 0 bridgehead atoms. The summed E-state index contributed by atoms with van der Waals surface area (Å²) in [4.78, 5) is 10.9. The van der Waals surface area contributed by atoms with Gasteiger partial charge in [0.1, 0.15) is 12.5 Å². The molecule has 0 aromatic carbocycles. The molecule has 4 atom stereocenters. The van der Waals surface area contributed by atoms with E-state index in [1.54, 1.807) is 0 Å². The van der Waals surface area contributed by atoms with Crippen LogP contribution in [-0.4, -0.2) is 52.6 Å². The van der Waals surface area contributed by atoms with Crippen molar-refractivity contribution in [3.8, 4) is 0 Å². The van der Waals surface area contributed by atoms with E-state index in [1.807, 2.05) is 5.32 Å². The van der Waals surface area contributed by atoms with E-state index in [1.165, 1.54) is 0 Å². The van der Waals surface area contributed by atoms with E-state index in [0.29, 0.717) is 0 Å². The molecule has 0 aromatic heterocycles. The molecular weight excluding hydrogens is 218 g/mol. The predicted molar refractivity (Wildman–Crippen MR) is 55.1 cm³/mol. The maximum atomic E-state index is 10.9. The Morgan fingerprint density at radius 2 is 1.69 bits per heavy atom. The molecule has 96 valence electrons. The summed E-state index contributed by atoms with van der Waals surface area (Å²) in [6.07, 6.45) is -4.33. The SMILES string of the molecule is NCCC(NC(O)C(O)NC(N)O)C(N)=O. The Bertz CT molecular complexity index is 215. The molecule has 0 heterocycles. The minimum Gasteiger partial charge on any atom is -0.374 e. The fourth-order valence-electron chi connectivity index (χ4n) is 1.04. The topological polar surface area (TPSA) is 180 Å². The molecule has 0 spiro atoms. The van der Waals surface area contributed by atoms with Crippen LogP contribution >= 0.6 is 0 Å². The molecule has 0 aliphatic heterocycles. The van der Waals surface area contributed by atoms with Gasteiger partial charge in [0.05, 0.1) is 6.04 Å². The predicted octanol–water partition coefficient (Wildman–Crippen LogP) is -4.76. The highest BCUT2D eigenvalue weighted by Gasteiger charge is 2.23. The number of hydrogen-bond donors (Lipinski definition) is 8. The van der Waals surface area contributed by atoms with Gasteiger partial charge in [-0.15, -0.1) is 0 Å². The molecular formula is C7H19N5O4. The summed E-state index contributed by atoms with van der Waals surface area (Å²) in [6.45, 7) is 0.191. The highest BCUT2D eigenvalue weighted by molar-refractivity contribution is 5.79. The first kappa shape index (κ1) is 15.2. The van der Waals surface area contributed by atoms with E-state index in [4.69, 9.17) is 22.3 Å². The summed E-state index contributed by atoms with van der Waals surface area (Å²) in [7, 11) is 0. The number of nitrogens with two attached hydrogens (primary N) is 3. The highest BCUT2D eigenvalue weighted by atomic mass is 16.4. The molecule has 1 amide bonds. The van der Waals surface area contributed by atoms with Crippen LogP contribution in [0.5, 0.6) is 0 Å². The number of carbonyl (C=O) groups is 1. The smallest absolute Gasteiger partial charge is 0.234 e. The van der Waals surface area contributed by atoms with Crippen LogP contribution in [-0.2, 0) is 4.79 Å². The van der Waals surface area contributed by atoms with E-state index in [-0.39, 0.29) is 13.0 Å². The highest BCUT2D eigenvalue weighted by Crippen LogP contribution is 1.94. The lowest BCUT2D eigenvalue weighted by molar-refractivity contribution is -0.122. The van der Waals surface area contributed by atoms with Gasteiger partial charge in [-0.3, -0.25) is 21.2 Å². The van der Waals surface area contributed by atoms with Gasteiger partial charge >= 0.3 is 0 Å². The monoisotopic (exact) mass is 237 g/mol. The Hall–Kier alpha value is -0.810. The first-order chi connectivity index (χ1) is 7.38. The lowest BCUT2D eigenvalue weighted by Crippen LogP contribution is -2.58. The maximum absolute atomic E-state index is 10.9. The number of aliphatic hydroxyl groups excluding tert-OH is 3.